The molecule has 0 amide bonds. The molecule has 2 bridgehead atoms. The van der Waals surface area contributed by atoms with Crippen LogP contribution in [0.5, 0.6) is 0 Å². The molecule has 0 aliphatic carbocycles. The van der Waals surface area contributed by atoms with E-state index >= 15 is 0 Å². The number of anilines is 1. The van der Waals surface area contributed by atoms with E-state index in [2.05, 4.69) is 23.3 Å². The van der Waals surface area contributed by atoms with Crippen molar-refractivity contribution in [2.24, 2.45) is 0 Å². The van der Waals surface area contributed by atoms with Crippen LogP contribution in [0.3, 0.4) is 0 Å². The van der Waals surface area contributed by atoms with Crippen molar-refractivity contribution >= 4 is 17.3 Å². The predicted octanol–water partition coefficient (Wildman–Crippen LogP) is 3.64. The van der Waals surface area contributed by atoms with Gasteiger partial charge in [-0.25, -0.2) is 0 Å². The van der Waals surface area contributed by atoms with Crippen molar-refractivity contribution in [1.29, 1.82) is 5.26 Å². The van der Waals surface area contributed by atoms with Crippen molar-refractivity contribution in [3.05, 3.63) is 28.8 Å². The summed E-state index contributed by atoms with van der Waals surface area (Å²) in [5.41, 5.74) is 1.56. The molecule has 3 rings (SSSR count). The fourth-order valence-corrected chi connectivity index (χ4v) is 3.86. The van der Waals surface area contributed by atoms with Gasteiger partial charge >= 0.3 is 0 Å². The van der Waals surface area contributed by atoms with Gasteiger partial charge in [-0.3, -0.25) is 0 Å². The summed E-state index contributed by atoms with van der Waals surface area (Å²) in [6.45, 7) is 0. The van der Waals surface area contributed by atoms with Gasteiger partial charge in [0.2, 0.25) is 0 Å². The average Bonchev–Trinajstić information content (AvgIpc) is 2.40. The summed E-state index contributed by atoms with van der Waals surface area (Å²) in [7, 11) is 2.25. The molecule has 2 heterocycles. The van der Waals surface area contributed by atoms with E-state index in [1.54, 1.807) is 12.1 Å². The SMILES string of the molecule is CN1C2CCCC1CC(Nc1cc(Cl)ccc1C#N)C2. The van der Waals surface area contributed by atoms with Gasteiger partial charge in [0.05, 0.1) is 11.3 Å². The Hall–Kier alpha value is -1.24. The van der Waals surface area contributed by atoms with Gasteiger partial charge in [-0.15, -0.1) is 0 Å². The first kappa shape index (κ1) is 13.7. The summed E-state index contributed by atoms with van der Waals surface area (Å²) in [6, 6.07) is 9.49. The fraction of sp³-hybridized carbons (Fsp3) is 0.562. The van der Waals surface area contributed by atoms with Gasteiger partial charge in [-0.05, 0) is 50.9 Å². The van der Waals surface area contributed by atoms with Crippen molar-refractivity contribution < 1.29 is 0 Å². The molecule has 3 nitrogen and oxygen atoms in total. The number of hydrogen-bond donors (Lipinski definition) is 1. The first-order valence-corrected chi connectivity index (χ1v) is 7.73. The van der Waals surface area contributed by atoms with Gasteiger partial charge in [-0.1, -0.05) is 18.0 Å². The number of hydrogen-bond acceptors (Lipinski definition) is 3. The Morgan fingerprint density at radius 2 is 2.00 bits per heavy atom. The third kappa shape index (κ3) is 2.63. The molecule has 106 valence electrons. The summed E-state index contributed by atoms with van der Waals surface area (Å²) < 4.78 is 0. The Morgan fingerprint density at radius 3 is 2.65 bits per heavy atom. The van der Waals surface area contributed by atoms with Crippen LogP contribution in [0.1, 0.15) is 37.7 Å². The molecule has 2 unspecified atom stereocenters. The number of fused-ring (bicyclic) bond motifs is 2. The lowest BCUT2D eigenvalue weighted by Gasteiger charge is -2.47. The number of piperidine rings is 2. The van der Waals surface area contributed by atoms with Gasteiger partial charge < -0.3 is 10.2 Å². The van der Waals surface area contributed by atoms with Gasteiger partial charge in [0.1, 0.15) is 6.07 Å². The monoisotopic (exact) mass is 289 g/mol. The van der Waals surface area contributed by atoms with Crippen LogP contribution in [-0.2, 0) is 0 Å². The van der Waals surface area contributed by atoms with Crippen LogP contribution in [-0.4, -0.2) is 30.1 Å². The highest BCUT2D eigenvalue weighted by Gasteiger charge is 2.35. The van der Waals surface area contributed by atoms with Crippen LogP contribution in [0.25, 0.3) is 0 Å². The molecule has 0 radical (unpaired) electrons. The molecule has 2 saturated heterocycles. The van der Waals surface area contributed by atoms with Crippen molar-refractivity contribution in [1.82, 2.24) is 4.90 Å². The highest BCUT2D eigenvalue weighted by molar-refractivity contribution is 6.30. The van der Waals surface area contributed by atoms with Crippen LogP contribution < -0.4 is 5.32 Å². The number of nitrogens with one attached hydrogen (secondary N) is 1. The molecular weight excluding hydrogens is 270 g/mol. The summed E-state index contributed by atoms with van der Waals surface area (Å²) in [5.74, 6) is 0. The maximum absolute atomic E-state index is 9.20. The standard InChI is InChI=1S/C16H20ClN3/c1-20-14-3-2-4-15(20)9-13(8-14)19-16-7-12(17)6-5-11(16)10-18/h5-7,13-15,19H,2-4,8-9H2,1H3. The maximum Gasteiger partial charge on any atom is 0.101 e. The average molecular weight is 290 g/mol. The summed E-state index contributed by atoms with van der Waals surface area (Å²) in [5, 5.41) is 13.4. The molecule has 20 heavy (non-hydrogen) atoms. The molecule has 1 N–H and O–H groups in total. The van der Waals surface area contributed by atoms with Gasteiger partial charge in [0.25, 0.3) is 0 Å². The van der Waals surface area contributed by atoms with E-state index in [0.29, 0.717) is 28.7 Å². The number of rotatable bonds is 2. The zero-order chi connectivity index (χ0) is 14.1. The van der Waals surface area contributed by atoms with Crippen LogP contribution in [0.15, 0.2) is 18.2 Å². The Labute approximate surface area is 125 Å². The van der Waals surface area contributed by atoms with Crippen LogP contribution in [0.4, 0.5) is 5.69 Å². The maximum atomic E-state index is 9.20. The summed E-state index contributed by atoms with van der Waals surface area (Å²) in [4.78, 5) is 2.55. The molecule has 0 spiro atoms. The van der Waals surface area contributed by atoms with Crippen molar-refractivity contribution in [3.63, 3.8) is 0 Å². The molecule has 2 aliphatic heterocycles. The normalized spacial score (nSPS) is 29.8. The van der Waals surface area contributed by atoms with Gasteiger partial charge in [0, 0.05) is 23.1 Å². The zero-order valence-corrected chi connectivity index (χ0v) is 12.5. The van der Waals surface area contributed by atoms with E-state index in [0.717, 1.165) is 18.5 Å². The largest absolute Gasteiger partial charge is 0.381 e. The lowest BCUT2D eigenvalue weighted by molar-refractivity contribution is 0.0608. The number of nitrogens with zero attached hydrogens (tertiary/aromatic N) is 2. The Balaban J connectivity index is 1.76. The third-order valence-corrected chi connectivity index (χ3v) is 5.04. The lowest BCUT2D eigenvalue weighted by Crippen LogP contribution is -2.52. The van der Waals surface area contributed by atoms with Crippen LogP contribution >= 0.6 is 11.6 Å². The third-order valence-electron chi connectivity index (χ3n) is 4.80. The van der Waals surface area contributed by atoms with Crippen LogP contribution in [0.2, 0.25) is 5.02 Å². The van der Waals surface area contributed by atoms with E-state index in [4.69, 9.17) is 11.6 Å². The highest BCUT2D eigenvalue weighted by atomic mass is 35.5. The minimum atomic E-state index is 0.451. The topological polar surface area (TPSA) is 39.1 Å². The van der Waals surface area contributed by atoms with Crippen molar-refractivity contribution in [3.8, 4) is 6.07 Å². The smallest absolute Gasteiger partial charge is 0.101 e. The Bertz CT molecular complexity index is 523. The van der Waals surface area contributed by atoms with Gasteiger partial charge in [0.15, 0.2) is 0 Å². The molecule has 4 heteroatoms. The van der Waals surface area contributed by atoms with Gasteiger partial charge in [-0.2, -0.15) is 5.26 Å². The second kappa shape index (κ2) is 5.63. The lowest BCUT2D eigenvalue weighted by atomic mass is 9.82. The number of nitriles is 1. The highest BCUT2D eigenvalue weighted by Crippen LogP contribution is 2.34. The predicted molar refractivity (Wildman–Crippen MR) is 82.0 cm³/mol. The minimum absolute atomic E-state index is 0.451. The second-order valence-electron chi connectivity index (χ2n) is 6.02. The summed E-state index contributed by atoms with van der Waals surface area (Å²) in [6.07, 6.45) is 6.26. The number of benzene rings is 1. The van der Waals surface area contributed by atoms with Crippen molar-refractivity contribution in [2.75, 3.05) is 12.4 Å². The molecule has 1 aromatic carbocycles. The quantitative estimate of drug-likeness (QED) is 0.903. The molecule has 0 aromatic heterocycles. The first-order chi connectivity index (χ1) is 9.67. The van der Waals surface area contributed by atoms with Crippen LogP contribution in [0, 0.1) is 11.3 Å². The molecule has 2 atom stereocenters. The minimum Gasteiger partial charge on any atom is -0.381 e. The summed E-state index contributed by atoms with van der Waals surface area (Å²) >= 11 is 6.05. The van der Waals surface area contributed by atoms with E-state index in [1.165, 1.54) is 19.3 Å². The van der Waals surface area contributed by atoms with E-state index in [9.17, 15) is 5.26 Å². The molecule has 2 aliphatic rings. The molecule has 2 fully saturated rings. The zero-order valence-electron chi connectivity index (χ0n) is 11.8. The Kier molecular flexibility index (Phi) is 3.87. The molecular formula is C16H20ClN3. The van der Waals surface area contributed by atoms with E-state index < -0.39 is 0 Å². The number of halogens is 1. The Morgan fingerprint density at radius 1 is 1.30 bits per heavy atom. The van der Waals surface area contributed by atoms with E-state index in [-0.39, 0.29) is 0 Å². The fourth-order valence-electron chi connectivity index (χ4n) is 3.69. The molecule has 1 aromatic rings. The van der Waals surface area contributed by atoms with E-state index in [1.807, 2.05) is 6.07 Å². The molecule has 0 saturated carbocycles. The second-order valence-corrected chi connectivity index (χ2v) is 6.45. The first-order valence-electron chi connectivity index (χ1n) is 7.35. The van der Waals surface area contributed by atoms with Crippen molar-refractivity contribution in [2.45, 2.75) is 50.2 Å².